The largest absolute Gasteiger partial charge is 0.313 e. The van der Waals surface area contributed by atoms with E-state index in [-0.39, 0.29) is 0 Å². The molecule has 2 heterocycles. The molecular formula is C9H10BrN3. The summed E-state index contributed by atoms with van der Waals surface area (Å²) < 4.78 is 3.11. The Morgan fingerprint density at radius 3 is 3.15 bits per heavy atom. The Morgan fingerprint density at radius 2 is 2.38 bits per heavy atom. The molecule has 0 bridgehead atoms. The van der Waals surface area contributed by atoms with Gasteiger partial charge in [0.25, 0.3) is 0 Å². The molecule has 2 rings (SSSR count). The highest BCUT2D eigenvalue weighted by Gasteiger charge is 2.03. The molecule has 0 saturated carbocycles. The predicted molar refractivity (Wildman–Crippen MR) is 55.7 cm³/mol. The van der Waals surface area contributed by atoms with E-state index in [1.807, 2.05) is 31.4 Å². The monoisotopic (exact) mass is 239 g/mol. The average Bonchev–Trinajstić information content (AvgIpc) is 2.51. The van der Waals surface area contributed by atoms with E-state index in [2.05, 4.69) is 30.6 Å². The van der Waals surface area contributed by atoms with Crippen LogP contribution in [0.5, 0.6) is 0 Å². The van der Waals surface area contributed by atoms with Gasteiger partial charge < -0.3 is 5.32 Å². The summed E-state index contributed by atoms with van der Waals surface area (Å²) in [5, 5.41) is 3.09. The van der Waals surface area contributed by atoms with Crippen LogP contribution in [-0.4, -0.2) is 16.4 Å². The van der Waals surface area contributed by atoms with Crippen LogP contribution in [0.15, 0.2) is 29.0 Å². The van der Waals surface area contributed by atoms with Crippen LogP contribution in [-0.2, 0) is 6.54 Å². The van der Waals surface area contributed by atoms with Gasteiger partial charge in [-0.1, -0.05) is 6.07 Å². The maximum atomic E-state index is 4.32. The van der Waals surface area contributed by atoms with Crippen LogP contribution >= 0.6 is 15.9 Å². The third-order valence-corrected chi connectivity index (χ3v) is 2.53. The van der Waals surface area contributed by atoms with E-state index in [1.165, 1.54) is 0 Å². The SMILES string of the molecule is CNCc1ncc2cccc(Br)n12. The molecule has 0 spiro atoms. The molecule has 1 N–H and O–H groups in total. The van der Waals surface area contributed by atoms with E-state index in [0.29, 0.717) is 0 Å². The highest BCUT2D eigenvalue weighted by atomic mass is 79.9. The highest BCUT2D eigenvalue weighted by molar-refractivity contribution is 9.10. The van der Waals surface area contributed by atoms with Crippen molar-refractivity contribution in [1.82, 2.24) is 14.7 Å². The van der Waals surface area contributed by atoms with Gasteiger partial charge in [0.2, 0.25) is 0 Å². The van der Waals surface area contributed by atoms with Crippen LogP contribution in [0, 0.1) is 0 Å². The standard InChI is InChI=1S/C9H10BrN3/c1-11-6-9-12-5-7-3-2-4-8(10)13(7)9/h2-5,11H,6H2,1H3. The van der Waals surface area contributed by atoms with Gasteiger partial charge in [0.05, 0.1) is 22.9 Å². The van der Waals surface area contributed by atoms with E-state index >= 15 is 0 Å². The van der Waals surface area contributed by atoms with Crippen LogP contribution in [0.3, 0.4) is 0 Å². The summed E-state index contributed by atoms with van der Waals surface area (Å²) in [5.41, 5.74) is 1.11. The van der Waals surface area contributed by atoms with Gasteiger partial charge in [0, 0.05) is 0 Å². The van der Waals surface area contributed by atoms with Gasteiger partial charge in [-0.3, -0.25) is 4.40 Å². The van der Waals surface area contributed by atoms with Gasteiger partial charge in [0.15, 0.2) is 0 Å². The van der Waals surface area contributed by atoms with Gasteiger partial charge in [-0.05, 0) is 35.1 Å². The van der Waals surface area contributed by atoms with Crippen molar-refractivity contribution in [2.75, 3.05) is 7.05 Å². The fourth-order valence-corrected chi connectivity index (χ4v) is 1.91. The predicted octanol–water partition coefficient (Wildman–Crippen LogP) is 1.82. The molecule has 4 heteroatoms. The summed E-state index contributed by atoms with van der Waals surface area (Å²) >= 11 is 3.49. The molecule has 13 heavy (non-hydrogen) atoms. The average molecular weight is 240 g/mol. The topological polar surface area (TPSA) is 29.3 Å². The number of nitrogens with zero attached hydrogens (tertiary/aromatic N) is 2. The first-order chi connectivity index (χ1) is 6.33. The summed E-state index contributed by atoms with van der Waals surface area (Å²) in [6.45, 7) is 0.775. The van der Waals surface area contributed by atoms with Crippen molar-refractivity contribution in [3.05, 3.63) is 34.8 Å². The second kappa shape index (κ2) is 3.47. The first-order valence-corrected chi connectivity index (χ1v) is 4.87. The second-order valence-corrected chi connectivity index (χ2v) is 3.63. The number of rotatable bonds is 2. The quantitative estimate of drug-likeness (QED) is 0.811. The normalized spacial score (nSPS) is 10.9. The maximum absolute atomic E-state index is 4.32. The van der Waals surface area contributed by atoms with Crippen molar-refractivity contribution in [3.63, 3.8) is 0 Å². The molecule has 0 radical (unpaired) electrons. The molecule has 68 valence electrons. The van der Waals surface area contributed by atoms with Gasteiger partial charge >= 0.3 is 0 Å². The summed E-state index contributed by atoms with van der Waals surface area (Å²) in [7, 11) is 1.91. The number of pyridine rings is 1. The molecule has 0 unspecified atom stereocenters. The van der Waals surface area contributed by atoms with Gasteiger partial charge in [-0.25, -0.2) is 4.98 Å². The number of nitrogens with one attached hydrogen (secondary N) is 1. The van der Waals surface area contributed by atoms with Crippen LogP contribution in [0.4, 0.5) is 0 Å². The van der Waals surface area contributed by atoms with Gasteiger partial charge in [0.1, 0.15) is 5.82 Å². The Bertz CT molecular complexity index is 422. The first kappa shape index (κ1) is 8.72. The van der Waals surface area contributed by atoms with Gasteiger partial charge in [-0.15, -0.1) is 0 Å². The summed E-state index contributed by atoms with van der Waals surface area (Å²) in [6.07, 6.45) is 1.87. The van der Waals surface area contributed by atoms with Crippen molar-refractivity contribution in [1.29, 1.82) is 0 Å². The molecule has 0 aliphatic rings. The zero-order valence-electron chi connectivity index (χ0n) is 7.29. The van der Waals surface area contributed by atoms with E-state index in [9.17, 15) is 0 Å². The van der Waals surface area contributed by atoms with Gasteiger partial charge in [-0.2, -0.15) is 0 Å². The minimum absolute atomic E-state index is 0.775. The van der Waals surface area contributed by atoms with E-state index in [1.54, 1.807) is 0 Å². The molecule has 2 aromatic heterocycles. The number of aromatic nitrogens is 2. The van der Waals surface area contributed by atoms with Crippen LogP contribution in [0.2, 0.25) is 0 Å². The van der Waals surface area contributed by atoms with Crippen molar-refractivity contribution >= 4 is 21.4 Å². The van der Waals surface area contributed by atoms with E-state index < -0.39 is 0 Å². The Hall–Kier alpha value is -0.870. The molecule has 0 saturated heterocycles. The Morgan fingerprint density at radius 1 is 1.54 bits per heavy atom. The minimum atomic E-state index is 0.775. The minimum Gasteiger partial charge on any atom is -0.313 e. The van der Waals surface area contributed by atoms with Crippen LogP contribution in [0.25, 0.3) is 5.52 Å². The fourth-order valence-electron chi connectivity index (χ4n) is 1.35. The maximum Gasteiger partial charge on any atom is 0.128 e. The molecule has 0 amide bonds. The molecule has 0 atom stereocenters. The lowest BCUT2D eigenvalue weighted by atomic mass is 10.4. The van der Waals surface area contributed by atoms with Crippen LogP contribution < -0.4 is 5.32 Å². The van der Waals surface area contributed by atoms with Crippen molar-refractivity contribution in [2.24, 2.45) is 0 Å². The smallest absolute Gasteiger partial charge is 0.128 e. The number of fused-ring (bicyclic) bond motifs is 1. The second-order valence-electron chi connectivity index (χ2n) is 2.81. The number of hydrogen-bond donors (Lipinski definition) is 1. The van der Waals surface area contributed by atoms with Crippen molar-refractivity contribution in [3.8, 4) is 0 Å². The number of hydrogen-bond acceptors (Lipinski definition) is 2. The lowest BCUT2D eigenvalue weighted by Crippen LogP contribution is -2.09. The third kappa shape index (κ3) is 1.47. The fraction of sp³-hybridized carbons (Fsp3) is 0.222. The lowest BCUT2D eigenvalue weighted by molar-refractivity contribution is 0.751. The third-order valence-electron chi connectivity index (χ3n) is 1.91. The number of imidazole rings is 1. The molecule has 0 aliphatic heterocycles. The van der Waals surface area contributed by atoms with E-state index in [0.717, 1.165) is 22.5 Å². The lowest BCUT2D eigenvalue weighted by Gasteiger charge is -2.02. The van der Waals surface area contributed by atoms with Crippen molar-refractivity contribution < 1.29 is 0 Å². The van der Waals surface area contributed by atoms with E-state index in [4.69, 9.17) is 0 Å². The Labute approximate surface area is 84.9 Å². The summed E-state index contributed by atoms with van der Waals surface area (Å²) in [4.78, 5) is 4.32. The summed E-state index contributed by atoms with van der Waals surface area (Å²) in [6, 6.07) is 6.05. The molecule has 3 nitrogen and oxygen atoms in total. The molecule has 0 fully saturated rings. The molecule has 2 aromatic rings. The summed E-state index contributed by atoms with van der Waals surface area (Å²) in [5.74, 6) is 1.02. The Balaban J connectivity index is 2.64. The molecule has 0 aromatic carbocycles. The Kier molecular flexibility index (Phi) is 2.33. The van der Waals surface area contributed by atoms with Crippen molar-refractivity contribution in [2.45, 2.75) is 6.54 Å². The zero-order valence-corrected chi connectivity index (χ0v) is 8.87. The van der Waals surface area contributed by atoms with Crippen LogP contribution in [0.1, 0.15) is 5.82 Å². The first-order valence-electron chi connectivity index (χ1n) is 4.08. The zero-order chi connectivity index (χ0) is 9.26. The number of halogens is 1. The molecule has 0 aliphatic carbocycles. The molecular weight excluding hydrogens is 230 g/mol. The highest BCUT2D eigenvalue weighted by Crippen LogP contribution is 2.15.